The Hall–Kier alpha value is -2.47. The summed E-state index contributed by atoms with van der Waals surface area (Å²) in [7, 11) is 1.55. The van der Waals surface area contributed by atoms with E-state index in [1.165, 1.54) is 11.3 Å². The Morgan fingerprint density at radius 1 is 1.29 bits per heavy atom. The molecule has 21 heavy (non-hydrogen) atoms. The summed E-state index contributed by atoms with van der Waals surface area (Å²) >= 11 is 1.41. The van der Waals surface area contributed by atoms with Gasteiger partial charge in [-0.05, 0) is 24.6 Å². The summed E-state index contributed by atoms with van der Waals surface area (Å²) in [6.45, 7) is 1.95. The third-order valence-electron chi connectivity index (χ3n) is 3.01. The Balaban J connectivity index is 1.95. The van der Waals surface area contributed by atoms with Crippen LogP contribution in [-0.4, -0.2) is 23.0 Å². The first-order chi connectivity index (χ1) is 10.2. The number of pyridine rings is 1. The zero-order valence-electron chi connectivity index (χ0n) is 11.6. The first kappa shape index (κ1) is 13.5. The van der Waals surface area contributed by atoms with Crippen LogP contribution < -0.4 is 10.1 Å². The van der Waals surface area contributed by atoms with Gasteiger partial charge in [0.25, 0.3) is 5.91 Å². The molecule has 0 radical (unpaired) electrons. The van der Waals surface area contributed by atoms with E-state index < -0.39 is 0 Å². The Labute approximate surface area is 125 Å². The average molecular weight is 299 g/mol. The average Bonchev–Trinajstić information content (AvgIpc) is 2.93. The highest BCUT2D eigenvalue weighted by atomic mass is 32.1. The lowest BCUT2D eigenvalue weighted by Gasteiger charge is -2.00. The van der Waals surface area contributed by atoms with E-state index in [0.29, 0.717) is 22.1 Å². The number of nitrogens with one attached hydrogen (secondary N) is 1. The van der Waals surface area contributed by atoms with Crippen LogP contribution >= 0.6 is 11.3 Å². The van der Waals surface area contributed by atoms with Gasteiger partial charge in [-0.25, -0.2) is 9.97 Å². The van der Waals surface area contributed by atoms with Gasteiger partial charge in [0.15, 0.2) is 5.13 Å². The fraction of sp³-hybridized carbons (Fsp3) is 0.133. The molecule has 2 heterocycles. The Morgan fingerprint density at radius 2 is 2.05 bits per heavy atom. The maximum absolute atomic E-state index is 12.1. The quantitative estimate of drug-likeness (QED) is 0.806. The minimum atomic E-state index is -0.181. The van der Waals surface area contributed by atoms with Gasteiger partial charge in [-0.15, -0.1) is 0 Å². The van der Waals surface area contributed by atoms with Gasteiger partial charge < -0.3 is 4.74 Å². The summed E-state index contributed by atoms with van der Waals surface area (Å²) in [6, 6.07) is 9.04. The lowest BCUT2D eigenvalue weighted by molar-refractivity contribution is 0.102. The molecule has 1 amide bonds. The zero-order chi connectivity index (χ0) is 14.8. The number of ether oxygens (including phenoxy) is 1. The molecule has 0 saturated heterocycles. The highest BCUT2D eigenvalue weighted by molar-refractivity contribution is 7.22. The van der Waals surface area contributed by atoms with Crippen LogP contribution in [0.2, 0.25) is 0 Å². The number of fused-ring (bicyclic) bond motifs is 1. The second kappa shape index (κ2) is 5.49. The van der Waals surface area contributed by atoms with Crippen molar-refractivity contribution in [2.45, 2.75) is 6.92 Å². The number of methoxy groups -OCH3 is 1. The van der Waals surface area contributed by atoms with E-state index in [2.05, 4.69) is 15.3 Å². The Kier molecular flexibility index (Phi) is 3.53. The molecule has 0 aliphatic heterocycles. The van der Waals surface area contributed by atoms with E-state index in [1.807, 2.05) is 25.1 Å². The summed E-state index contributed by atoms with van der Waals surface area (Å²) < 4.78 is 6.17. The van der Waals surface area contributed by atoms with E-state index in [1.54, 1.807) is 25.4 Å². The lowest BCUT2D eigenvalue weighted by Crippen LogP contribution is -2.11. The fourth-order valence-corrected chi connectivity index (χ4v) is 2.89. The first-order valence-corrected chi connectivity index (χ1v) is 7.17. The monoisotopic (exact) mass is 299 g/mol. The van der Waals surface area contributed by atoms with Crippen LogP contribution in [0.1, 0.15) is 15.9 Å². The number of hydrogen-bond acceptors (Lipinski definition) is 5. The molecule has 0 spiro atoms. The standard InChI is InChI=1S/C15H13N3O2S/c1-9-8-16-14(20-2)11-12(9)21-15(17-11)18-13(19)10-6-4-3-5-7-10/h3-8H,1-2H3,(H,17,18,19). The second-order valence-electron chi connectivity index (χ2n) is 4.47. The number of carbonyl (C=O) groups is 1. The summed E-state index contributed by atoms with van der Waals surface area (Å²) in [4.78, 5) is 20.7. The molecule has 2 aromatic heterocycles. The molecule has 0 saturated carbocycles. The molecule has 5 nitrogen and oxygen atoms in total. The summed E-state index contributed by atoms with van der Waals surface area (Å²) in [5, 5.41) is 3.35. The van der Waals surface area contributed by atoms with Gasteiger partial charge in [0.2, 0.25) is 5.88 Å². The van der Waals surface area contributed by atoms with Crippen molar-refractivity contribution in [2.75, 3.05) is 12.4 Å². The molecule has 3 rings (SSSR count). The summed E-state index contributed by atoms with van der Waals surface area (Å²) in [5.41, 5.74) is 2.27. The molecule has 0 unspecified atom stereocenters. The molecule has 1 aromatic carbocycles. The Bertz CT molecular complexity index is 799. The predicted molar refractivity (Wildman–Crippen MR) is 83.1 cm³/mol. The maximum atomic E-state index is 12.1. The SMILES string of the molecule is COc1ncc(C)c2sc(NC(=O)c3ccccc3)nc12. The molecule has 0 fully saturated rings. The van der Waals surface area contributed by atoms with Crippen LogP contribution in [0.5, 0.6) is 5.88 Å². The van der Waals surface area contributed by atoms with E-state index >= 15 is 0 Å². The second-order valence-corrected chi connectivity index (χ2v) is 5.47. The number of benzene rings is 1. The van der Waals surface area contributed by atoms with Gasteiger partial charge in [-0.1, -0.05) is 29.5 Å². The van der Waals surface area contributed by atoms with Crippen molar-refractivity contribution in [3.63, 3.8) is 0 Å². The maximum Gasteiger partial charge on any atom is 0.257 e. The number of anilines is 1. The number of amides is 1. The molecule has 106 valence electrons. The van der Waals surface area contributed by atoms with Gasteiger partial charge in [0.1, 0.15) is 5.52 Å². The van der Waals surface area contributed by atoms with Crippen molar-refractivity contribution in [3.05, 3.63) is 47.7 Å². The molecule has 0 aliphatic carbocycles. The van der Waals surface area contributed by atoms with Gasteiger partial charge in [-0.2, -0.15) is 0 Å². The van der Waals surface area contributed by atoms with E-state index in [9.17, 15) is 4.79 Å². The van der Waals surface area contributed by atoms with Crippen LogP contribution in [0.4, 0.5) is 5.13 Å². The van der Waals surface area contributed by atoms with Crippen molar-refractivity contribution in [1.82, 2.24) is 9.97 Å². The highest BCUT2D eigenvalue weighted by Crippen LogP contribution is 2.33. The lowest BCUT2D eigenvalue weighted by atomic mass is 10.2. The Morgan fingerprint density at radius 3 is 2.76 bits per heavy atom. The number of rotatable bonds is 3. The molecule has 1 N–H and O–H groups in total. The fourth-order valence-electron chi connectivity index (χ4n) is 1.97. The third kappa shape index (κ3) is 2.57. The number of aryl methyl sites for hydroxylation is 1. The van der Waals surface area contributed by atoms with E-state index in [-0.39, 0.29) is 5.91 Å². The van der Waals surface area contributed by atoms with E-state index in [0.717, 1.165) is 10.3 Å². The van der Waals surface area contributed by atoms with Crippen LogP contribution in [0.25, 0.3) is 10.2 Å². The molecule has 6 heteroatoms. The summed E-state index contributed by atoms with van der Waals surface area (Å²) in [5.74, 6) is 0.284. The molecule has 0 aliphatic rings. The minimum Gasteiger partial charge on any atom is -0.479 e. The molecule has 0 atom stereocenters. The van der Waals surface area contributed by atoms with Gasteiger partial charge in [-0.3, -0.25) is 10.1 Å². The van der Waals surface area contributed by atoms with Crippen molar-refractivity contribution in [2.24, 2.45) is 0 Å². The molecular weight excluding hydrogens is 286 g/mol. The molecule has 0 bridgehead atoms. The molecule has 3 aromatic rings. The topological polar surface area (TPSA) is 64.1 Å². The van der Waals surface area contributed by atoms with Crippen molar-refractivity contribution in [3.8, 4) is 5.88 Å². The van der Waals surface area contributed by atoms with Crippen molar-refractivity contribution in [1.29, 1.82) is 0 Å². The number of carbonyl (C=O) groups excluding carboxylic acids is 1. The van der Waals surface area contributed by atoms with Crippen molar-refractivity contribution < 1.29 is 9.53 Å². The van der Waals surface area contributed by atoms with Gasteiger partial charge in [0, 0.05) is 11.8 Å². The predicted octanol–water partition coefficient (Wildman–Crippen LogP) is 3.26. The van der Waals surface area contributed by atoms with E-state index in [4.69, 9.17) is 4.74 Å². The number of aromatic nitrogens is 2. The van der Waals surface area contributed by atoms with Gasteiger partial charge in [0.05, 0.1) is 11.8 Å². The number of thiazole rings is 1. The van der Waals surface area contributed by atoms with Crippen LogP contribution in [-0.2, 0) is 0 Å². The van der Waals surface area contributed by atoms with Gasteiger partial charge >= 0.3 is 0 Å². The third-order valence-corrected chi connectivity index (χ3v) is 4.12. The highest BCUT2D eigenvalue weighted by Gasteiger charge is 2.14. The summed E-state index contributed by atoms with van der Waals surface area (Å²) in [6.07, 6.45) is 1.74. The van der Waals surface area contributed by atoms with Crippen LogP contribution in [0.3, 0.4) is 0 Å². The smallest absolute Gasteiger partial charge is 0.257 e. The number of hydrogen-bond donors (Lipinski definition) is 1. The number of nitrogens with zero attached hydrogens (tertiary/aromatic N) is 2. The largest absolute Gasteiger partial charge is 0.479 e. The normalized spacial score (nSPS) is 10.6. The van der Waals surface area contributed by atoms with Crippen molar-refractivity contribution >= 4 is 32.6 Å². The van der Waals surface area contributed by atoms with Crippen LogP contribution in [0, 0.1) is 6.92 Å². The minimum absolute atomic E-state index is 0.181. The zero-order valence-corrected chi connectivity index (χ0v) is 12.4. The molecular formula is C15H13N3O2S. The first-order valence-electron chi connectivity index (χ1n) is 6.35. The van der Waals surface area contributed by atoms with Crippen LogP contribution in [0.15, 0.2) is 36.5 Å².